The van der Waals surface area contributed by atoms with Gasteiger partial charge in [-0.15, -0.1) is 0 Å². The molecule has 0 aromatic rings. The predicted octanol–water partition coefficient (Wildman–Crippen LogP) is 0.555. The Bertz CT molecular complexity index is 403. The minimum absolute atomic E-state index is 0.402. The van der Waals surface area contributed by atoms with Gasteiger partial charge in [0.1, 0.15) is 17.8 Å². The first-order valence-corrected chi connectivity index (χ1v) is 5.58. The molecule has 0 aliphatic heterocycles. The van der Waals surface area contributed by atoms with E-state index in [2.05, 4.69) is 9.73 Å². The van der Waals surface area contributed by atoms with Crippen LogP contribution in [0, 0.1) is 0 Å². The molecule has 0 saturated carbocycles. The second-order valence-electron chi connectivity index (χ2n) is 4.77. The molecule has 0 aliphatic carbocycles. The summed E-state index contributed by atoms with van der Waals surface area (Å²) in [4.78, 5) is 47.4. The molecule has 0 N–H and O–H groups in total. The van der Waals surface area contributed by atoms with Gasteiger partial charge in [0.05, 0.1) is 7.11 Å². The van der Waals surface area contributed by atoms with E-state index in [4.69, 9.17) is 4.74 Å². The van der Waals surface area contributed by atoms with Crippen LogP contribution >= 0.6 is 0 Å². The van der Waals surface area contributed by atoms with Crippen molar-refractivity contribution in [3.8, 4) is 0 Å². The van der Waals surface area contributed by atoms with Crippen molar-refractivity contribution < 1.29 is 28.7 Å². The van der Waals surface area contributed by atoms with E-state index in [1.807, 2.05) is 0 Å². The SMILES string of the molecule is COC(=O)C(CC(=O)CC(=O)OC(C)(C)C)N=C=O. The van der Waals surface area contributed by atoms with Crippen LogP contribution in [0.5, 0.6) is 0 Å². The van der Waals surface area contributed by atoms with Crippen molar-refractivity contribution in [1.82, 2.24) is 0 Å². The largest absolute Gasteiger partial charge is 0.467 e. The number of carbonyl (C=O) groups is 3. The molecule has 0 fully saturated rings. The summed E-state index contributed by atoms with van der Waals surface area (Å²) in [6.07, 6.45) is 0.297. The topological polar surface area (TPSA) is 99.1 Å². The molecule has 0 radical (unpaired) electrons. The van der Waals surface area contributed by atoms with E-state index in [1.54, 1.807) is 20.8 Å². The van der Waals surface area contributed by atoms with Gasteiger partial charge in [-0.2, -0.15) is 4.99 Å². The zero-order chi connectivity index (χ0) is 15.1. The number of isocyanates is 1. The highest BCUT2D eigenvalue weighted by atomic mass is 16.6. The lowest BCUT2D eigenvalue weighted by molar-refractivity contribution is -0.156. The second-order valence-corrected chi connectivity index (χ2v) is 4.77. The van der Waals surface area contributed by atoms with Gasteiger partial charge in [-0.1, -0.05) is 0 Å². The first-order valence-electron chi connectivity index (χ1n) is 5.58. The van der Waals surface area contributed by atoms with Crippen LogP contribution in [0.3, 0.4) is 0 Å². The van der Waals surface area contributed by atoms with Crippen molar-refractivity contribution in [3.05, 3.63) is 0 Å². The number of rotatable bonds is 6. The fourth-order valence-electron chi connectivity index (χ4n) is 1.21. The second kappa shape index (κ2) is 7.43. The molecule has 0 aliphatic rings. The maximum Gasteiger partial charge on any atom is 0.332 e. The summed E-state index contributed by atoms with van der Waals surface area (Å²) < 4.78 is 9.32. The summed E-state index contributed by atoms with van der Waals surface area (Å²) in [7, 11) is 1.11. The first-order chi connectivity index (χ1) is 8.69. The van der Waals surface area contributed by atoms with Gasteiger partial charge in [-0.05, 0) is 20.8 Å². The summed E-state index contributed by atoms with van der Waals surface area (Å²) in [6.45, 7) is 5.01. The van der Waals surface area contributed by atoms with E-state index >= 15 is 0 Å². The number of aliphatic imine (C=N–C) groups is 1. The molecule has 19 heavy (non-hydrogen) atoms. The van der Waals surface area contributed by atoms with Gasteiger partial charge in [-0.3, -0.25) is 9.59 Å². The highest BCUT2D eigenvalue weighted by Gasteiger charge is 2.25. The number of nitrogens with zero attached hydrogens (tertiary/aromatic N) is 1. The average Bonchev–Trinajstić information content (AvgIpc) is 2.24. The molecule has 1 unspecified atom stereocenters. The third kappa shape index (κ3) is 7.83. The number of hydrogen-bond acceptors (Lipinski definition) is 7. The number of methoxy groups -OCH3 is 1. The Labute approximate surface area is 111 Å². The highest BCUT2D eigenvalue weighted by molar-refractivity contribution is 5.97. The van der Waals surface area contributed by atoms with Crippen molar-refractivity contribution in [2.75, 3.05) is 7.11 Å². The van der Waals surface area contributed by atoms with Gasteiger partial charge < -0.3 is 9.47 Å². The molecule has 0 bridgehead atoms. The number of ether oxygens (including phenoxy) is 2. The smallest absolute Gasteiger partial charge is 0.332 e. The molecule has 0 amide bonds. The molecule has 0 aromatic carbocycles. The Kier molecular flexibility index (Phi) is 6.64. The lowest BCUT2D eigenvalue weighted by atomic mass is 10.1. The molecule has 0 rings (SSSR count). The zero-order valence-electron chi connectivity index (χ0n) is 11.4. The summed E-state index contributed by atoms with van der Waals surface area (Å²) in [6, 6.07) is -1.27. The van der Waals surface area contributed by atoms with E-state index in [1.165, 1.54) is 6.08 Å². The van der Waals surface area contributed by atoms with E-state index in [0.29, 0.717) is 0 Å². The van der Waals surface area contributed by atoms with Gasteiger partial charge in [-0.25, -0.2) is 9.59 Å². The van der Waals surface area contributed by atoms with Crippen molar-refractivity contribution >= 4 is 23.8 Å². The standard InChI is InChI=1S/C12H17NO6/c1-12(2,3)19-10(16)6-8(15)5-9(13-7-14)11(17)18-4/h9H,5-6H2,1-4H3. The monoisotopic (exact) mass is 271 g/mol. The highest BCUT2D eigenvalue weighted by Crippen LogP contribution is 2.10. The first kappa shape index (κ1) is 17.0. The molecule has 0 saturated heterocycles. The number of carbonyl (C=O) groups excluding carboxylic acids is 4. The average molecular weight is 271 g/mol. The van der Waals surface area contributed by atoms with Crippen molar-refractivity contribution in [2.24, 2.45) is 4.99 Å². The van der Waals surface area contributed by atoms with Crippen LogP contribution in [-0.2, 0) is 28.7 Å². The molecule has 7 nitrogen and oxygen atoms in total. The summed E-state index contributed by atoms with van der Waals surface area (Å²) in [5, 5.41) is 0. The molecular formula is C12H17NO6. The molecule has 7 heteroatoms. The molecule has 0 heterocycles. The molecule has 0 spiro atoms. The van der Waals surface area contributed by atoms with Gasteiger partial charge >= 0.3 is 11.9 Å². The maximum atomic E-state index is 11.5. The van der Waals surface area contributed by atoms with Gasteiger partial charge in [0.25, 0.3) is 0 Å². The van der Waals surface area contributed by atoms with Crippen LogP contribution in [-0.4, -0.2) is 42.6 Å². The fourth-order valence-corrected chi connectivity index (χ4v) is 1.21. The van der Waals surface area contributed by atoms with Gasteiger partial charge in [0, 0.05) is 6.42 Å². The summed E-state index contributed by atoms with van der Waals surface area (Å²) >= 11 is 0. The Hall–Kier alpha value is -2.01. The van der Waals surface area contributed by atoms with Crippen molar-refractivity contribution in [3.63, 3.8) is 0 Å². The minimum atomic E-state index is -1.27. The summed E-state index contributed by atoms with van der Waals surface area (Å²) in [5.74, 6) is -2.10. The van der Waals surface area contributed by atoms with E-state index < -0.39 is 42.2 Å². The quantitative estimate of drug-likeness (QED) is 0.303. The van der Waals surface area contributed by atoms with E-state index in [-0.39, 0.29) is 0 Å². The van der Waals surface area contributed by atoms with Crippen LogP contribution in [0.2, 0.25) is 0 Å². The molecule has 0 aromatic heterocycles. The van der Waals surface area contributed by atoms with Gasteiger partial charge in [0.2, 0.25) is 6.08 Å². The van der Waals surface area contributed by atoms with Crippen molar-refractivity contribution in [2.45, 2.75) is 45.3 Å². The number of ketones is 1. The fraction of sp³-hybridized carbons (Fsp3) is 0.667. The minimum Gasteiger partial charge on any atom is -0.467 e. The predicted molar refractivity (Wildman–Crippen MR) is 64.0 cm³/mol. The van der Waals surface area contributed by atoms with Crippen LogP contribution in [0.25, 0.3) is 0 Å². The Morgan fingerprint density at radius 1 is 1.26 bits per heavy atom. The summed E-state index contributed by atoms with van der Waals surface area (Å²) in [5.41, 5.74) is -0.694. The Morgan fingerprint density at radius 3 is 2.26 bits per heavy atom. The van der Waals surface area contributed by atoms with Crippen LogP contribution < -0.4 is 0 Å². The molecule has 1 atom stereocenters. The zero-order valence-corrected chi connectivity index (χ0v) is 11.4. The molecule has 106 valence electrons. The number of Topliss-reactive ketones (excluding diaryl/α,β-unsaturated/α-hetero) is 1. The Balaban J connectivity index is 4.47. The van der Waals surface area contributed by atoms with Crippen LogP contribution in [0.4, 0.5) is 0 Å². The number of esters is 2. The normalized spacial score (nSPS) is 12.0. The van der Waals surface area contributed by atoms with E-state index in [9.17, 15) is 19.2 Å². The third-order valence-electron chi connectivity index (χ3n) is 1.86. The van der Waals surface area contributed by atoms with Crippen LogP contribution in [0.15, 0.2) is 4.99 Å². The van der Waals surface area contributed by atoms with Crippen molar-refractivity contribution in [1.29, 1.82) is 0 Å². The Morgan fingerprint density at radius 2 is 1.84 bits per heavy atom. The van der Waals surface area contributed by atoms with Crippen LogP contribution in [0.1, 0.15) is 33.6 Å². The lowest BCUT2D eigenvalue weighted by Gasteiger charge is -2.19. The maximum absolute atomic E-state index is 11.5. The number of hydrogen-bond donors (Lipinski definition) is 0. The third-order valence-corrected chi connectivity index (χ3v) is 1.86. The lowest BCUT2D eigenvalue weighted by Crippen LogP contribution is -2.28. The molecular weight excluding hydrogens is 254 g/mol. The van der Waals surface area contributed by atoms with Gasteiger partial charge in [0.15, 0.2) is 6.04 Å². The van der Waals surface area contributed by atoms with E-state index in [0.717, 1.165) is 7.11 Å².